The highest BCUT2D eigenvalue weighted by atomic mass is 35.5. The molecule has 2 saturated carbocycles. The summed E-state index contributed by atoms with van der Waals surface area (Å²) in [5, 5.41) is 38.9. The molecule has 0 bridgehead atoms. The standard InChI is InChI=1S/C33H35N5O3.C32H32ClN5O3.2CH4/c1-20-16-26-34-17-25-21(2)27(22-10-8-7-9-11-22)28(35-29(25)38(26)37-20)23-12-14-24(15-13-23)33(18-32(6,40)19-33)36-30(39)41-31(3,4)5;1-19-15-24-34-16-23-26(33)25(20-9-7-6-8-10-20)27(35-28(23)38(24)37-19)21-11-13-22(14-12-21)32(17-31(5,40)18-32)36-29(39)41-30(2,3)4;;/h7-17,40H,18-19H2,1-6H3,(H,36,39);6-16,40H,17-18H2,1-5H3,(H,36,39);2*1H4. The van der Waals surface area contributed by atoms with Crippen LogP contribution >= 0.6 is 11.6 Å². The Bertz CT molecular complexity index is 3830. The summed E-state index contributed by atoms with van der Waals surface area (Å²) in [7, 11) is 0. The molecule has 0 spiro atoms. The SMILES string of the molecule is C.C.Cc1cc2ncc3c(C)c(-c4ccccc4)c(-c4ccc(C5(NC(=O)OC(C)(C)C)CC(C)(O)C5)cc4)nc3n2n1.Cc1cc2ncc3c(Cl)c(-c4ccccc4)c(-c4ccc(C5(NC(=O)OC(C)(C)C)CC(C)(O)C5)cc4)nc3n2n1. The molecule has 0 unspecified atom stereocenters. The monoisotopic (exact) mass is 1150 g/mol. The average molecular weight is 1150 g/mol. The number of carbonyl (C=O) groups excluding carboxylic acids is 2. The van der Waals surface area contributed by atoms with Gasteiger partial charge >= 0.3 is 12.2 Å². The van der Waals surface area contributed by atoms with Gasteiger partial charge in [0.25, 0.3) is 0 Å². The minimum atomic E-state index is -0.886. The van der Waals surface area contributed by atoms with Gasteiger partial charge in [0.15, 0.2) is 22.6 Å². The molecule has 16 nitrogen and oxygen atoms in total. The zero-order valence-electron chi connectivity index (χ0n) is 48.0. The number of hydrogen-bond acceptors (Lipinski definition) is 12. The third kappa shape index (κ3) is 11.8. The molecule has 0 aliphatic heterocycles. The summed E-state index contributed by atoms with van der Waals surface area (Å²) >= 11 is 7.10. The third-order valence-corrected chi connectivity index (χ3v) is 15.5. The molecule has 4 aromatic carbocycles. The maximum absolute atomic E-state index is 12.8. The molecule has 2 aliphatic rings. The van der Waals surface area contributed by atoms with Crippen LogP contribution in [0.4, 0.5) is 9.59 Å². The van der Waals surface area contributed by atoms with Crippen molar-refractivity contribution in [3.8, 4) is 44.8 Å². The summed E-state index contributed by atoms with van der Waals surface area (Å²) in [6.45, 7) is 20.5. The van der Waals surface area contributed by atoms with Crippen molar-refractivity contribution in [2.24, 2.45) is 0 Å². The number of nitrogens with one attached hydrogen (secondary N) is 2. The van der Waals surface area contributed by atoms with E-state index in [4.69, 9.17) is 31.0 Å². The molecule has 2 amide bonds. The Morgan fingerprint density at radius 2 is 0.917 bits per heavy atom. The van der Waals surface area contributed by atoms with Crippen molar-refractivity contribution in [2.45, 2.75) is 150 Å². The normalized spacial score (nSPS) is 20.2. The Kier molecular flexibility index (Phi) is 15.8. The molecular weight excluding hydrogens is 1080 g/mol. The van der Waals surface area contributed by atoms with Crippen molar-refractivity contribution >= 4 is 57.1 Å². The fraction of sp³-hybridized carbons (Fsp3) is 0.343. The fourth-order valence-corrected chi connectivity index (χ4v) is 12.3. The second kappa shape index (κ2) is 22.0. The Morgan fingerprint density at radius 3 is 1.31 bits per heavy atom. The first-order valence-corrected chi connectivity index (χ1v) is 27.9. The van der Waals surface area contributed by atoms with Crippen LogP contribution in [0.5, 0.6) is 0 Å². The van der Waals surface area contributed by atoms with Crippen LogP contribution < -0.4 is 10.6 Å². The van der Waals surface area contributed by atoms with Crippen LogP contribution in [0.1, 0.15) is 124 Å². The van der Waals surface area contributed by atoms with Gasteiger partial charge in [-0.2, -0.15) is 19.2 Å². The number of hydrogen-bond donors (Lipinski definition) is 4. The van der Waals surface area contributed by atoms with Crippen molar-refractivity contribution in [1.29, 1.82) is 0 Å². The van der Waals surface area contributed by atoms with E-state index in [0.717, 1.165) is 83.8 Å². The zero-order chi connectivity index (χ0) is 58.3. The van der Waals surface area contributed by atoms with E-state index >= 15 is 0 Å². The first kappa shape index (κ1) is 60.3. The number of halogens is 1. The molecule has 4 N–H and O–H groups in total. The van der Waals surface area contributed by atoms with E-state index in [0.29, 0.717) is 53.1 Å². The number of carbonyl (C=O) groups is 2. The second-order valence-electron chi connectivity index (χ2n) is 24.7. The van der Waals surface area contributed by atoms with Gasteiger partial charge in [-0.3, -0.25) is 0 Å². The smallest absolute Gasteiger partial charge is 0.408 e. The lowest BCUT2D eigenvalue weighted by molar-refractivity contribution is -0.0901. The number of ether oxygens (including phenoxy) is 2. The van der Waals surface area contributed by atoms with Crippen LogP contribution in [-0.4, -0.2) is 84.0 Å². The summed E-state index contributed by atoms with van der Waals surface area (Å²) in [5.41, 5.74) is 10.1. The summed E-state index contributed by atoms with van der Waals surface area (Å²) in [6, 6.07) is 40.0. The van der Waals surface area contributed by atoms with Crippen molar-refractivity contribution in [3.63, 3.8) is 0 Å². The zero-order valence-corrected chi connectivity index (χ0v) is 48.8. The molecule has 0 saturated heterocycles. The topological polar surface area (TPSA) is 203 Å². The minimum absolute atomic E-state index is 0. The van der Waals surface area contributed by atoms with Crippen LogP contribution in [0.15, 0.2) is 134 Å². The highest BCUT2D eigenvalue weighted by molar-refractivity contribution is 6.38. The van der Waals surface area contributed by atoms with Crippen LogP contribution in [0.3, 0.4) is 0 Å². The molecule has 84 heavy (non-hydrogen) atoms. The predicted octanol–water partition coefficient (Wildman–Crippen LogP) is 14.6. The van der Waals surface area contributed by atoms with Crippen LogP contribution in [0.25, 0.3) is 78.1 Å². The largest absolute Gasteiger partial charge is 0.444 e. The molecule has 0 atom stereocenters. The Hall–Kier alpha value is -8.31. The number of nitrogens with zero attached hydrogens (tertiary/aromatic N) is 8. The lowest BCUT2D eigenvalue weighted by Gasteiger charge is -2.52. The van der Waals surface area contributed by atoms with Gasteiger partial charge in [0.1, 0.15) is 11.2 Å². The van der Waals surface area contributed by atoms with E-state index < -0.39 is 45.7 Å². The molecule has 17 heteroatoms. The molecule has 6 aromatic heterocycles. The van der Waals surface area contributed by atoms with E-state index in [2.05, 4.69) is 49.9 Å². The van der Waals surface area contributed by atoms with Gasteiger partial charge in [0, 0.05) is 77.8 Å². The van der Waals surface area contributed by atoms with E-state index in [1.54, 1.807) is 29.1 Å². The Morgan fingerprint density at radius 1 is 0.548 bits per heavy atom. The van der Waals surface area contributed by atoms with E-state index in [1.807, 2.05) is 171 Å². The summed E-state index contributed by atoms with van der Waals surface area (Å²) in [6.07, 6.45) is 4.14. The summed E-state index contributed by atoms with van der Waals surface area (Å²) < 4.78 is 14.6. The highest BCUT2D eigenvalue weighted by Gasteiger charge is 2.55. The van der Waals surface area contributed by atoms with E-state index in [9.17, 15) is 19.8 Å². The fourth-order valence-electron chi connectivity index (χ4n) is 11.9. The first-order valence-electron chi connectivity index (χ1n) is 27.5. The quantitative estimate of drug-likeness (QED) is 0.112. The van der Waals surface area contributed by atoms with E-state index in [-0.39, 0.29) is 14.9 Å². The van der Waals surface area contributed by atoms with Gasteiger partial charge in [0.05, 0.1) is 55.5 Å². The minimum Gasteiger partial charge on any atom is -0.444 e. The predicted molar refractivity (Wildman–Crippen MR) is 333 cm³/mol. The van der Waals surface area contributed by atoms with E-state index in [1.165, 1.54) is 0 Å². The summed E-state index contributed by atoms with van der Waals surface area (Å²) in [4.78, 5) is 45.0. The number of alkyl carbamates (subject to hydrolysis) is 2. The van der Waals surface area contributed by atoms with Crippen molar-refractivity contribution in [2.75, 3.05) is 0 Å². The van der Waals surface area contributed by atoms with Gasteiger partial charge in [-0.1, -0.05) is 136 Å². The molecule has 2 fully saturated rings. The first-order chi connectivity index (χ1) is 38.7. The summed E-state index contributed by atoms with van der Waals surface area (Å²) in [5.74, 6) is 0. The Labute approximate surface area is 495 Å². The Balaban J connectivity index is 0.000000197. The van der Waals surface area contributed by atoms with Crippen LogP contribution in [0.2, 0.25) is 5.02 Å². The average Bonchev–Trinajstić information content (AvgIpc) is 1.34. The number of pyridine rings is 2. The maximum Gasteiger partial charge on any atom is 0.408 e. The molecule has 12 rings (SSSR count). The third-order valence-electron chi connectivity index (χ3n) is 15.1. The molecule has 6 heterocycles. The molecular formula is C67H75ClN10O6. The number of benzene rings is 4. The van der Waals surface area contributed by atoms with Gasteiger partial charge in [-0.05, 0) is 104 Å². The number of amides is 2. The van der Waals surface area contributed by atoms with Crippen molar-refractivity contribution in [3.05, 3.63) is 167 Å². The van der Waals surface area contributed by atoms with Gasteiger partial charge in [-0.15, -0.1) is 0 Å². The van der Waals surface area contributed by atoms with Crippen molar-refractivity contribution in [1.82, 2.24) is 49.8 Å². The number of rotatable bonds is 8. The number of aromatic nitrogens is 8. The molecule has 0 radical (unpaired) electrons. The molecule has 2 aliphatic carbocycles. The van der Waals surface area contributed by atoms with Gasteiger partial charge < -0.3 is 30.3 Å². The number of aryl methyl sites for hydroxylation is 3. The molecule has 10 aromatic rings. The van der Waals surface area contributed by atoms with Crippen molar-refractivity contribution < 1.29 is 29.3 Å². The molecule has 436 valence electrons. The number of fused-ring (bicyclic) bond motifs is 6. The second-order valence-corrected chi connectivity index (χ2v) is 25.1. The van der Waals surface area contributed by atoms with Crippen LogP contribution in [0, 0.1) is 20.8 Å². The highest BCUT2D eigenvalue weighted by Crippen LogP contribution is 2.51. The lowest BCUT2D eigenvalue weighted by Crippen LogP contribution is -2.62. The van der Waals surface area contributed by atoms with Gasteiger partial charge in [-0.25, -0.2) is 29.5 Å². The van der Waals surface area contributed by atoms with Gasteiger partial charge in [0.2, 0.25) is 0 Å². The van der Waals surface area contributed by atoms with Crippen LogP contribution in [-0.2, 0) is 20.6 Å². The maximum atomic E-state index is 12.8. The number of aliphatic hydroxyl groups is 2. The lowest BCUT2D eigenvalue weighted by atomic mass is 9.62.